The zero-order valence-electron chi connectivity index (χ0n) is 12.7. The van der Waals surface area contributed by atoms with Gasteiger partial charge in [-0.2, -0.15) is 0 Å². The molecule has 0 aliphatic rings. The molecule has 4 heteroatoms. The van der Waals surface area contributed by atoms with Crippen molar-refractivity contribution >= 4 is 11.6 Å². The zero-order valence-corrected chi connectivity index (χ0v) is 12.7. The van der Waals surface area contributed by atoms with Gasteiger partial charge in [0, 0.05) is 11.9 Å². The van der Waals surface area contributed by atoms with E-state index < -0.39 is 0 Å². The maximum atomic E-state index is 12.4. The van der Waals surface area contributed by atoms with E-state index in [2.05, 4.69) is 10.3 Å². The van der Waals surface area contributed by atoms with Crippen molar-refractivity contribution in [1.29, 1.82) is 0 Å². The lowest BCUT2D eigenvalue weighted by Gasteiger charge is -2.12. The number of ether oxygens (including phenoxy) is 1. The lowest BCUT2D eigenvalue weighted by Crippen LogP contribution is -2.14. The van der Waals surface area contributed by atoms with Gasteiger partial charge in [0.2, 0.25) is 0 Å². The fourth-order valence-corrected chi connectivity index (χ4v) is 2.19. The number of nitrogens with one attached hydrogen (secondary N) is 1. The summed E-state index contributed by atoms with van der Waals surface area (Å²) in [5, 5.41) is 2.88. The fourth-order valence-electron chi connectivity index (χ4n) is 2.19. The minimum atomic E-state index is -0.209. The number of carbonyl (C=O) groups is 1. The molecule has 0 radical (unpaired) electrons. The van der Waals surface area contributed by atoms with Gasteiger partial charge in [-0.05, 0) is 43.3 Å². The summed E-state index contributed by atoms with van der Waals surface area (Å²) >= 11 is 0. The van der Waals surface area contributed by atoms with Crippen LogP contribution in [0.1, 0.15) is 16.1 Å². The van der Waals surface area contributed by atoms with Crippen LogP contribution in [0.5, 0.6) is 11.5 Å². The quantitative estimate of drug-likeness (QED) is 0.775. The molecule has 1 aromatic heterocycles. The molecule has 0 aliphatic heterocycles. The van der Waals surface area contributed by atoms with Crippen LogP contribution in [0.3, 0.4) is 0 Å². The Bertz CT molecular complexity index is 816. The Morgan fingerprint density at radius 2 is 1.70 bits per heavy atom. The smallest absolute Gasteiger partial charge is 0.257 e. The van der Waals surface area contributed by atoms with Crippen LogP contribution in [0, 0.1) is 6.92 Å². The Hall–Kier alpha value is -3.14. The van der Waals surface area contributed by atoms with E-state index in [0.717, 1.165) is 0 Å². The molecule has 114 valence electrons. The normalized spacial score (nSPS) is 10.1. The molecule has 0 saturated heterocycles. The average Bonchev–Trinajstić information content (AvgIpc) is 2.58. The molecule has 4 nitrogen and oxygen atoms in total. The summed E-state index contributed by atoms with van der Waals surface area (Å²) in [6.07, 6.45) is 1.67. The van der Waals surface area contributed by atoms with Crippen LogP contribution in [0.25, 0.3) is 0 Å². The van der Waals surface area contributed by atoms with Gasteiger partial charge >= 0.3 is 0 Å². The van der Waals surface area contributed by atoms with Crippen molar-refractivity contribution in [1.82, 2.24) is 4.98 Å². The molecule has 0 aliphatic carbocycles. The standard InChI is InChI=1S/C19H16N2O2/c1-14-16(10-7-13-20-14)19(22)21-17-11-5-6-12-18(17)23-15-8-3-2-4-9-15/h2-13H,1H3,(H,21,22). The molecule has 0 unspecified atom stereocenters. The number of pyridine rings is 1. The number of amides is 1. The number of aryl methyl sites for hydroxylation is 1. The van der Waals surface area contributed by atoms with Crippen molar-refractivity contribution in [3.63, 3.8) is 0 Å². The summed E-state index contributed by atoms with van der Waals surface area (Å²) in [4.78, 5) is 16.6. The number of nitrogens with zero attached hydrogens (tertiary/aromatic N) is 1. The third-order valence-corrected chi connectivity index (χ3v) is 3.36. The lowest BCUT2D eigenvalue weighted by molar-refractivity contribution is 0.102. The summed E-state index contributed by atoms with van der Waals surface area (Å²) in [7, 11) is 0. The highest BCUT2D eigenvalue weighted by atomic mass is 16.5. The fraction of sp³-hybridized carbons (Fsp3) is 0.0526. The first-order valence-electron chi connectivity index (χ1n) is 7.29. The molecule has 3 rings (SSSR count). The Morgan fingerprint density at radius 1 is 0.957 bits per heavy atom. The summed E-state index contributed by atoms with van der Waals surface area (Å²) in [6.45, 7) is 1.81. The highest BCUT2D eigenvalue weighted by Gasteiger charge is 2.12. The molecule has 3 aromatic rings. The van der Waals surface area contributed by atoms with E-state index in [1.54, 1.807) is 25.3 Å². The third-order valence-electron chi connectivity index (χ3n) is 3.36. The van der Waals surface area contributed by atoms with Gasteiger partial charge in [0.1, 0.15) is 5.75 Å². The second-order valence-electron chi connectivity index (χ2n) is 5.00. The van der Waals surface area contributed by atoms with E-state index in [4.69, 9.17) is 4.74 Å². The first-order valence-corrected chi connectivity index (χ1v) is 7.29. The summed E-state index contributed by atoms with van der Waals surface area (Å²) in [5.74, 6) is 1.10. The second kappa shape index (κ2) is 6.75. The van der Waals surface area contributed by atoms with Crippen LogP contribution in [0.15, 0.2) is 72.9 Å². The van der Waals surface area contributed by atoms with Crippen molar-refractivity contribution in [2.45, 2.75) is 6.92 Å². The van der Waals surface area contributed by atoms with Gasteiger partial charge in [-0.3, -0.25) is 9.78 Å². The van der Waals surface area contributed by atoms with Gasteiger partial charge in [0.25, 0.3) is 5.91 Å². The number of anilines is 1. The summed E-state index contributed by atoms with van der Waals surface area (Å²) < 4.78 is 5.85. The maximum absolute atomic E-state index is 12.4. The SMILES string of the molecule is Cc1ncccc1C(=O)Nc1ccccc1Oc1ccccc1. The van der Waals surface area contributed by atoms with E-state index >= 15 is 0 Å². The van der Waals surface area contributed by atoms with Crippen LogP contribution < -0.4 is 10.1 Å². The molecule has 1 heterocycles. The van der Waals surface area contributed by atoms with E-state index in [1.807, 2.05) is 54.6 Å². The number of para-hydroxylation sites is 3. The average molecular weight is 304 g/mol. The summed E-state index contributed by atoms with van der Waals surface area (Å²) in [6, 6.07) is 20.3. The van der Waals surface area contributed by atoms with Crippen molar-refractivity contribution in [2.75, 3.05) is 5.32 Å². The molecule has 2 aromatic carbocycles. The minimum absolute atomic E-state index is 0.209. The van der Waals surface area contributed by atoms with Gasteiger partial charge in [-0.25, -0.2) is 0 Å². The molecule has 23 heavy (non-hydrogen) atoms. The Balaban J connectivity index is 1.84. The van der Waals surface area contributed by atoms with Crippen molar-refractivity contribution < 1.29 is 9.53 Å². The van der Waals surface area contributed by atoms with Crippen molar-refractivity contribution in [3.8, 4) is 11.5 Å². The van der Waals surface area contributed by atoms with Crippen LogP contribution >= 0.6 is 0 Å². The van der Waals surface area contributed by atoms with Crippen LogP contribution in [-0.4, -0.2) is 10.9 Å². The number of aromatic nitrogens is 1. The van der Waals surface area contributed by atoms with Gasteiger partial charge in [0.15, 0.2) is 5.75 Å². The van der Waals surface area contributed by atoms with Gasteiger partial charge in [-0.15, -0.1) is 0 Å². The van der Waals surface area contributed by atoms with Gasteiger partial charge < -0.3 is 10.1 Å². The third kappa shape index (κ3) is 3.55. The van der Waals surface area contributed by atoms with Crippen LogP contribution in [0.4, 0.5) is 5.69 Å². The zero-order chi connectivity index (χ0) is 16.1. The molecule has 0 bridgehead atoms. The molecule has 1 amide bonds. The molecule has 0 atom stereocenters. The van der Waals surface area contributed by atoms with E-state index in [9.17, 15) is 4.79 Å². The van der Waals surface area contributed by atoms with E-state index in [1.165, 1.54) is 0 Å². The lowest BCUT2D eigenvalue weighted by atomic mass is 10.2. The monoisotopic (exact) mass is 304 g/mol. The van der Waals surface area contributed by atoms with Gasteiger partial charge in [0.05, 0.1) is 11.3 Å². The second-order valence-corrected chi connectivity index (χ2v) is 5.00. The van der Waals surface area contributed by atoms with E-state index in [0.29, 0.717) is 28.4 Å². The van der Waals surface area contributed by atoms with Crippen LogP contribution in [-0.2, 0) is 0 Å². The molecule has 0 saturated carbocycles. The first kappa shape index (κ1) is 14.8. The topological polar surface area (TPSA) is 51.2 Å². The minimum Gasteiger partial charge on any atom is -0.455 e. The molecule has 0 fully saturated rings. The Morgan fingerprint density at radius 3 is 2.48 bits per heavy atom. The van der Waals surface area contributed by atoms with Crippen molar-refractivity contribution in [3.05, 3.63) is 84.2 Å². The number of carbonyl (C=O) groups excluding carboxylic acids is 1. The number of hydrogen-bond donors (Lipinski definition) is 1. The highest BCUT2D eigenvalue weighted by Crippen LogP contribution is 2.29. The molecule has 0 spiro atoms. The maximum Gasteiger partial charge on any atom is 0.257 e. The summed E-state index contributed by atoms with van der Waals surface area (Å²) in [5.41, 5.74) is 1.85. The first-order chi connectivity index (χ1) is 11.2. The number of benzene rings is 2. The van der Waals surface area contributed by atoms with Crippen molar-refractivity contribution in [2.24, 2.45) is 0 Å². The molecular weight excluding hydrogens is 288 g/mol. The predicted octanol–water partition coefficient (Wildman–Crippen LogP) is 4.43. The number of rotatable bonds is 4. The van der Waals surface area contributed by atoms with E-state index in [-0.39, 0.29) is 5.91 Å². The Labute approximate surface area is 134 Å². The Kier molecular flexibility index (Phi) is 4.34. The number of hydrogen-bond acceptors (Lipinski definition) is 3. The van der Waals surface area contributed by atoms with Crippen LogP contribution in [0.2, 0.25) is 0 Å². The largest absolute Gasteiger partial charge is 0.455 e. The van der Waals surface area contributed by atoms with Gasteiger partial charge in [-0.1, -0.05) is 30.3 Å². The predicted molar refractivity (Wildman–Crippen MR) is 89.9 cm³/mol. The molecule has 1 N–H and O–H groups in total. The highest BCUT2D eigenvalue weighted by molar-refractivity contribution is 6.05. The molecular formula is C19H16N2O2.